The Labute approximate surface area is 180 Å². The van der Waals surface area contributed by atoms with Gasteiger partial charge in [-0.15, -0.1) is 0 Å². The summed E-state index contributed by atoms with van der Waals surface area (Å²) in [6.45, 7) is 10.0. The van der Waals surface area contributed by atoms with Crippen molar-refractivity contribution >= 4 is 17.9 Å². The first-order valence-corrected chi connectivity index (χ1v) is 9.39. The molecular formula is C24H24O7. The van der Waals surface area contributed by atoms with Gasteiger partial charge in [0.1, 0.15) is 13.2 Å². The number of rotatable bonds is 9. The normalized spacial score (nSPS) is 10.0. The molecule has 2 aromatic carbocycles. The van der Waals surface area contributed by atoms with Crippen LogP contribution in [0.2, 0.25) is 0 Å². The molecule has 0 N–H and O–H groups in total. The van der Waals surface area contributed by atoms with E-state index in [1.54, 1.807) is 49.4 Å². The average Bonchev–Trinajstić information content (AvgIpc) is 2.76. The predicted molar refractivity (Wildman–Crippen MR) is 115 cm³/mol. The lowest BCUT2D eigenvalue weighted by atomic mass is 10.0. The third-order valence-corrected chi connectivity index (χ3v) is 4.07. The summed E-state index contributed by atoms with van der Waals surface area (Å²) >= 11 is 0. The monoisotopic (exact) mass is 424 g/mol. The molecule has 7 nitrogen and oxygen atoms in total. The van der Waals surface area contributed by atoms with E-state index in [4.69, 9.17) is 18.9 Å². The Bertz CT molecular complexity index is 1000. The molecule has 0 amide bonds. The molecule has 162 valence electrons. The van der Waals surface area contributed by atoms with Crippen molar-refractivity contribution in [1.82, 2.24) is 0 Å². The Kier molecular flexibility index (Phi) is 8.14. The Morgan fingerprint density at radius 2 is 1.35 bits per heavy atom. The van der Waals surface area contributed by atoms with Gasteiger partial charge in [-0.3, -0.25) is 0 Å². The SMILES string of the molecule is C=C(C)C(=O)OCCOC(=O)c1ccc(-c2ccc(OC(=O)C(=C)C)c(OC)c2)cc1. The van der Waals surface area contributed by atoms with Crippen molar-refractivity contribution < 1.29 is 33.3 Å². The van der Waals surface area contributed by atoms with Crippen molar-refractivity contribution in [2.45, 2.75) is 13.8 Å². The van der Waals surface area contributed by atoms with E-state index in [2.05, 4.69) is 13.2 Å². The van der Waals surface area contributed by atoms with E-state index in [1.807, 2.05) is 0 Å². The molecule has 2 aromatic rings. The van der Waals surface area contributed by atoms with Gasteiger partial charge in [-0.05, 0) is 49.2 Å². The van der Waals surface area contributed by atoms with Crippen LogP contribution in [0.4, 0.5) is 0 Å². The van der Waals surface area contributed by atoms with Gasteiger partial charge in [-0.1, -0.05) is 31.4 Å². The van der Waals surface area contributed by atoms with E-state index in [9.17, 15) is 14.4 Å². The van der Waals surface area contributed by atoms with Crippen LogP contribution in [0.3, 0.4) is 0 Å². The molecule has 0 aliphatic carbocycles. The Hall–Kier alpha value is -3.87. The van der Waals surface area contributed by atoms with E-state index in [-0.39, 0.29) is 30.1 Å². The smallest absolute Gasteiger partial charge is 0.338 e. The Morgan fingerprint density at radius 1 is 0.774 bits per heavy atom. The van der Waals surface area contributed by atoms with Gasteiger partial charge < -0.3 is 18.9 Å². The largest absolute Gasteiger partial charge is 0.493 e. The van der Waals surface area contributed by atoms with E-state index in [0.717, 1.165) is 11.1 Å². The van der Waals surface area contributed by atoms with Crippen LogP contribution in [-0.4, -0.2) is 38.2 Å². The van der Waals surface area contributed by atoms with Crippen molar-refractivity contribution in [2.75, 3.05) is 20.3 Å². The molecule has 0 heterocycles. The summed E-state index contributed by atoms with van der Waals surface area (Å²) < 4.78 is 20.5. The maximum atomic E-state index is 12.1. The molecule has 7 heteroatoms. The summed E-state index contributed by atoms with van der Waals surface area (Å²) in [5.74, 6) is -0.927. The molecule has 0 spiro atoms. The zero-order valence-corrected chi connectivity index (χ0v) is 17.7. The van der Waals surface area contributed by atoms with Gasteiger partial charge in [0.2, 0.25) is 0 Å². The highest BCUT2D eigenvalue weighted by Crippen LogP contribution is 2.33. The summed E-state index contributed by atoms with van der Waals surface area (Å²) in [5, 5.41) is 0. The quantitative estimate of drug-likeness (QED) is 0.259. The summed E-state index contributed by atoms with van der Waals surface area (Å²) in [7, 11) is 1.48. The van der Waals surface area contributed by atoms with Crippen LogP contribution in [-0.2, 0) is 19.1 Å². The average molecular weight is 424 g/mol. The molecule has 0 bridgehead atoms. The van der Waals surface area contributed by atoms with Crippen molar-refractivity contribution in [3.05, 3.63) is 72.3 Å². The number of hydrogen-bond donors (Lipinski definition) is 0. The molecule has 0 unspecified atom stereocenters. The van der Waals surface area contributed by atoms with Crippen LogP contribution in [0.1, 0.15) is 24.2 Å². The third kappa shape index (κ3) is 6.57. The second-order valence-corrected chi connectivity index (χ2v) is 6.67. The van der Waals surface area contributed by atoms with Crippen LogP contribution in [0.25, 0.3) is 11.1 Å². The lowest BCUT2D eigenvalue weighted by Crippen LogP contribution is -2.14. The number of carbonyl (C=O) groups is 3. The topological polar surface area (TPSA) is 88.1 Å². The molecule has 2 rings (SSSR count). The molecule has 0 saturated carbocycles. The highest BCUT2D eigenvalue weighted by Gasteiger charge is 2.13. The Balaban J connectivity index is 2.03. The number of benzene rings is 2. The maximum Gasteiger partial charge on any atom is 0.338 e. The fourth-order valence-electron chi connectivity index (χ4n) is 2.39. The third-order valence-electron chi connectivity index (χ3n) is 4.07. The molecule has 0 aromatic heterocycles. The number of hydrogen-bond acceptors (Lipinski definition) is 7. The van der Waals surface area contributed by atoms with Crippen LogP contribution in [0, 0.1) is 0 Å². The van der Waals surface area contributed by atoms with Crippen molar-refractivity contribution in [3.63, 3.8) is 0 Å². The van der Waals surface area contributed by atoms with Gasteiger partial charge >= 0.3 is 17.9 Å². The summed E-state index contributed by atoms with van der Waals surface area (Å²) in [6, 6.07) is 11.9. The van der Waals surface area contributed by atoms with Crippen molar-refractivity contribution in [3.8, 4) is 22.6 Å². The molecule has 0 saturated heterocycles. The van der Waals surface area contributed by atoms with Crippen LogP contribution >= 0.6 is 0 Å². The van der Waals surface area contributed by atoms with Gasteiger partial charge in [0.15, 0.2) is 11.5 Å². The van der Waals surface area contributed by atoms with Gasteiger partial charge in [0.05, 0.1) is 12.7 Å². The van der Waals surface area contributed by atoms with Crippen molar-refractivity contribution in [2.24, 2.45) is 0 Å². The highest BCUT2D eigenvalue weighted by atomic mass is 16.6. The first-order valence-electron chi connectivity index (χ1n) is 9.39. The fourth-order valence-corrected chi connectivity index (χ4v) is 2.39. The molecule has 0 fully saturated rings. The minimum atomic E-state index is -0.539. The molecule has 31 heavy (non-hydrogen) atoms. The van der Waals surface area contributed by atoms with E-state index in [0.29, 0.717) is 11.3 Å². The predicted octanol–water partition coefficient (Wildman–Crippen LogP) is 4.12. The fraction of sp³-hybridized carbons (Fsp3) is 0.208. The zero-order chi connectivity index (χ0) is 23.0. The Morgan fingerprint density at radius 3 is 1.94 bits per heavy atom. The molecule has 0 radical (unpaired) electrons. The number of esters is 3. The van der Waals surface area contributed by atoms with Gasteiger partial charge in [-0.25, -0.2) is 14.4 Å². The van der Waals surface area contributed by atoms with Crippen LogP contribution in [0.15, 0.2) is 66.8 Å². The summed E-state index contributed by atoms with van der Waals surface area (Å²) in [4.78, 5) is 35.1. The number of carbonyl (C=O) groups excluding carboxylic acids is 3. The first-order chi connectivity index (χ1) is 14.7. The minimum absolute atomic E-state index is 0.0440. The highest BCUT2D eigenvalue weighted by molar-refractivity contribution is 5.91. The van der Waals surface area contributed by atoms with E-state index >= 15 is 0 Å². The zero-order valence-electron chi connectivity index (χ0n) is 17.7. The van der Waals surface area contributed by atoms with E-state index < -0.39 is 17.9 Å². The maximum absolute atomic E-state index is 12.1. The molecule has 0 atom stereocenters. The second-order valence-electron chi connectivity index (χ2n) is 6.67. The van der Waals surface area contributed by atoms with Crippen LogP contribution < -0.4 is 9.47 Å². The summed E-state index contributed by atoms with van der Waals surface area (Å²) in [6.07, 6.45) is 0. The number of ether oxygens (including phenoxy) is 4. The molecule has 0 aliphatic heterocycles. The number of methoxy groups -OCH3 is 1. The standard InChI is InChI=1S/C24H24O7/c1-15(2)22(25)29-12-13-30-24(27)18-8-6-17(7-9-18)19-10-11-20(21(14-19)28-5)31-23(26)16(3)4/h6-11,14H,1,3,12-13H2,2,4-5H3. The van der Waals surface area contributed by atoms with Gasteiger partial charge in [-0.2, -0.15) is 0 Å². The minimum Gasteiger partial charge on any atom is -0.493 e. The van der Waals surface area contributed by atoms with Crippen LogP contribution in [0.5, 0.6) is 11.5 Å². The first kappa shape index (κ1) is 23.4. The molecular weight excluding hydrogens is 400 g/mol. The second kappa shape index (κ2) is 10.8. The summed E-state index contributed by atoms with van der Waals surface area (Å²) in [5.41, 5.74) is 2.54. The van der Waals surface area contributed by atoms with E-state index in [1.165, 1.54) is 14.0 Å². The lowest BCUT2D eigenvalue weighted by molar-refractivity contribution is -0.140. The van der Waals surface area contributed by atoms with Crippen molar-refractivity contribution in [1.29, 1.82) is 0 Å². The molecule has 0 aliphatic rings. The van der Waals surface area contributed by atoms with Gasteiger partial charge in [0, 0.05) is 11.1 Å². The van der Waals surface area contributed by atoms with Gasteiger partial charge in [0.25, 0.3) is 0 Å². The lowest BCUT2D eigenvalue weighted by Gasteiger charge is -2.11.